The zero-order valence-electron chi connectivity index (χ0n) is 12.5. The van der Waals surface area contributed by atoms with Gasteiger partial charge in [0.1, 0.15) is 0 Å². The second kappa shape index (κ2) is 6.15. The molecule has 1 saturated heterocycles. The lowest BCUT2D eigenvalue weighted by atomic mass is 9.78. The SMILES string of the molecule is CCC1(C(=O)O)CCCN(C(=O)N(C)Cc2cn[nH]c2)C1. The number of H-pyrrole nitrogens is 1. The summed E-state index contributed by atoms with van der Waals surface area (Å²) in [7, 11) is 1.72. The zero-order chi connectivity index (χ0) is 15.5. The fourth-order valence-corrected chi connectivity index (χ4v) is 2.86. The molecule has 1 aromatic rings. The molecule has 2 N–H and O–H groups in total. The van der Waals surface area contributed by atoms with Crippen molar-refractivity contribution in [3.63, 3.8) is 0 Å². The molecular weight excluding hydrogens is 272 g/mol. The zero-order valence-corrected chi connectivity index (χ0v) is 12.5. The third-order valence-electron chi connectivity index (χ3n) is 4.28. The van der Waals surface area contributed by atoms with Crippen LogP contribution in [0.25, 0.3) is 0 Å². The summed E-state index contributed by atoms with van der Waals surface area (Å²) in [6.07, 6.45) is 5.32. The highest BCUT2D eigenvalue weighted by Crippen LogP contribution is 2.34. The second-order valence-electron chi connectivity index (χ2n) is 5.71. The summed E-state index contributed by atoms with van der Waals surface area (Å²) in [5.41, 5.74) is 0.118. The monoisotopic (exact) mass is 294 g/mol. The van der Waals surface area contributed by atoms with Gasteiger partial charge >= 0.3 is 12.0 Å². The number of carbonyl (C=O) groups excluding carboxylic acids is 1. The number of aromatic nitrogens is 2. The Labute approximate surface area is 123 Å². The first-order chi connectivity index (χ1) is 9.98. The number of carbonyl (C=O) groups is 2. The maximum atomic E-state index is 12.5. The smallest absolute Gasteiger partial charge is 0.320 e. The maximum Gasteiger partial charge on any atom is 0.320 e. The molecule has 1 aliphatic heterocycles. The fraction of sp³-hybridized carbons (Fsp3) is 0.643. The van der Waals surface area contributed by atoms with Crippen LogP contribution in [-0.2, 0) is 11.3 Å². The number of piperidine rings is 1. The molecule has 2 rings (SSSR count). The quantitative estimate of drug-likeness (QED) is 0.881. The van der Waals surface area contributed by atoms with E-state index in [-0.39, 0.29) is 12.6 Å². The topological polar surface area (TPSA) is 89.5 Å². The number of hydrogen-bond donors (Lipinski definition) is 2. The number of nitrogens with one attached hydrogen (secondary N) is 1. The number of aromatic amines is 1. The van der Waals surface area contributed by atoms with E-state index in [1.165, 1.54) is 0 Å². The van der Waals surface area contributed by atoms with Crippen LogP contribution < -0.4 is 0 Å². The lowest BCUT2D eigenvalue weighted by Crippen LogP contribution is -2.52. The number of likely N-dealkylation sites (tertiary alicyclic amines) is 1. The third-order valence-corrected chi connectivity index (χ3v) is 4.28. The van der Waals surface area contributed by atoms with E-state index in [0.717, 1.165) is 12.0 Å². The molecule has 0 aromatic carbocycles. The Kier molecular flexibility index (Phi) is 4.50. The highest BCUT2D eigenvalue weighted by Gasteiger charge is 2.42. The van der Waals surface area contributed by atoms with Crippen LogP contribution in [0.2, 0.25) is 0 Å². The highest BCUT2D eigenvalue weighted by molar-refractivity contribution is 5.78. The number of nitrogens with zero attached hydrogens (tertiary/aromatic N) is 3. The van der Waals surface area contributed by atoms with Crippen molar-refractivity contribution in [3.8, 4) is 0 Å². The normalized spacial score (nSPS) is 22.1. The van der Waals surface area contributed by atoms with Gasteiger partial charge in [-0.1, -0.05) is 6.92 Å². The first-order valence-corrected chi connectivity index (χ1v) is 7.19. The van der Waals surface area contributed by atoms with Crippen molar-refractivity contribution in [1.82, 2.24) is 20.0 Å². The number of carboxylic acid groups (broad SMARTS) is 1. The number of carboxylic acids is 1. The molecule has 7 heteroatoms. The fourth-order valence-electron chi connectivity index (χ4n) is 2.86. The molecule has 0 saturated carbocycles. The Morgan fingerprint density at radius 2 is 2.33 bits per heavy atom. The molecule has 0 aliphatic carbocycles. The summed E-state index contributed by atoms with van der Waals surface area (Å²) in [6, 6.07) is -0.130. The van der Waals surface area contributed by atoms with Crippen LogP contribution in [0.5, 0.6) is 0 Å². The van der Waals surface area contributed by atoms with Crippen molar-refractivity contribution in [2.45, 2.75) is 32.7 Å². The number of amides is 2. The molecule has 1 atom stereocenters. The van der Waals surface area contributed by atoms with Crippen molar-refractivity contribution < 1.29 is 14.7 Å². The van der Waals surface area contributed by atoms with E-state index in [0.29, 0.717) is 25.9 Å². The van der Waals surface area contributed by atoms with Crippen molar-refractivity contribution in [3.05, 3.63) is 18.0 Å². The van der Waals surface area contributed by atoms with E-state index >= 15 is 0 Å². The molecule has 0 radical (unpaired) electrons. The Hall–Kier alpha value is -2.05. The number of hydrogen-bond acceptors (Lipinski definition) is 3. The maximum absolute atomic E-state index is 12.5. The summed E-state index contributed by atoms with van der Waals surface area (Å²) in [4.78, 5) is 27.3. The molecule has 1 aromatic heterocycles. The number of urea groups is 1. The Morgan fingerprint density at radius 3 is 2.90 bits per heavy atom. The van der Waals surface area contributed by atoms with Crippen LogP contribution in [0.4, 0.5) is 4.79 Å². The Balaban J connectivity index is 2.03. The van der Waals surface area contributed by atoms with Crippen LogP contribution in [0.3, 0.4) is 0 Å². The molecule has 116 valence electrons. The van der Waals surface area contributed by atoms with Crippen LogP contribution >= 0.6 is 0 Å². The van der Waals surface area contributed by atoms with Gasteiger partial charge in [0.15, 0.2) is 0 Å². The van der Waals surface area contributed by atoms with E-state index in [2.05, 4.69) is 10.2 Å². The van der Waals surface area contributed by atoms with Gasteiger partial charge in [-0.15, -0.1) is 0 Å². The van der Waals surface area contributed by atoms with Crippen LogP contribution in [0.1, 0.15) is 31.7 Å². The van der Waals surface area contributed by atoms with Gasteiger partial charge in [-0.25, -0.2) is 4.79 Å². The number of aliphatic carboxylic acids is 1. The van der Waals surface area contributed by atoms with Gasteiger partial charge in [-0.05, 0) is 19.3 Å². The van der Waals surface area contributed by atoms with Crippen molar-refractivity contribution >= 4 is 12.0 Å². The summed E-state index contributed by atoms with van der Waals surface area (Å²) in [6.45, 7) is 3.23. The van der Waals surface area contributed by atoms with Crippen molar-refractivity contribution in [1.29, 1.82) is 0 Å². The van der Waals surface area contributed by atoms with Crippen LogP contribution in [-0.4, -0.2) is 57.2 Å². The van der Waals surface area contributed by atoms with Crippen LogP contribution in [0.15, 0.2) is 12.4 Å². The molecule has 1 unspecified atom stereocenters. The Bertz CT molecular complexity index is 502. The van der Waals surface area contributed by atoms with Crippen molar-refractivity contribution in [2.24, 2.45) is 5.41 Å². The van der Waals surface area contributed by atoms with Crippen molar-refractivity contribution in [2.75, 3.05) is 20.1 Å². The Morgan fingerprint density at radius 1 is 1.57 bits per heavy atom. The van der Waals surface area contributed by atoms with E-state index < -0.39 is 11.4 Å². The second-order valence-corrected chi connectivity index (χ2v) is 5.71. The van der Waals surface area contributed by atoms with Gasteiger partial charge in [-0.2, -0.15) is 5.10 Å². The molecular formula is C14H22N4O3. The molecule has 1 aliphatic rings. The average Bonchev–Trinajstić information content (AvgIpc) is 2.99. The van der Waals surface area contributed by atoms with Gasteiger partial charge in [0, 0.05) is 31.9 Å². The molecule has 2 heterocycles. The van der Waals surface area contributed by atoms with E-state index in [4.69, 9.17) is 0 Å². The molecule has 2 amide bonds. The molecule has 0 bridgehead atoms. The molecule has 1 fully saturated rings. The summed E-state index contributed by atoms with van der Waals surface area (Å²) < 4.78 is 0. The number of rotatable bonds is 4. The standard InChI is InChI=1S/C14H22N4O3/c1-3-14(12(19)20)5-4-6-18(10-14)13(21)17(2)9-11-7-15-16-8-11/h7-8H,3-6,9-10H2,1-2H3,(H,15,16)(H,19,20). The molecule has 0 spiro atoms. The van der Waals surface area contributed by atoms with Gasteiger partial charge in [0.25, 0.3) is 0 Å². The van der Waals surface area contributed by atoms with Gasteiger partial charge in [0.05, 0.1) is 18.2 Å². The first-order valence-electron chi connectivity index (χ1n) is 7.19. The lowest BCUT2D eigenvalue weighted by Gasteiger charge is -2.40. The minimum atomic E-state index is -0.806. The lowest BCUT2D eigenvalue weighted by molar-refractivity contribution is -0.152. The minimum absolute atomic E-state index is 0.130. The largest absolute Gasteiger partial charge is 0.481 e. The van der Waals surface area contributed by atoms with E-state index in [9.17, 15) is 14.7 Å². The molecule has 7 nitrogen and oxygen atoms in total. The summed E-state index contributed by atoms with van der Waals surface area (Å²) >= 11 is 0. The third kappa shape index (κ3) is 3.17. The van der Waals surface area contributed by atoms with E-state index in [1.807, 2.05) is 6.92 Å². The first kappa shape index (κ1) is 15.3. The van der Waals surface area contributed by atoms with Gasteiger partial charge in [0.2, 0.25) is 0 Å². The predicted octanol–water partition coefficient (Wildman–Crippen LogP) is 1.54. The summed E-state index contributed by atoms with van der Waals surface area (Å²) in [5.74, 6) is -0.806. The predicted molar refractivity (Wildman–Crippen MR) is 76.6 cm³/mol. The highest BCUT2D eigenvalue weighted by atomic mass is 16.4. The summed E-state index contributed by atoms with van der Waals surface area (Å²) in [5, 5.41) is 16.0. The van der Waals surface area contributed by atoms with Gasteiger partial charge < -0.3 is 14.9 Å². The van der Waals surface area contributed by atoms with Crippen LogP contribution in [0, 0.1) is 5.41 Å². The van der Waals surface area contributed by atoms with E-state index in [1.54, 1.807) is 29.2 Å². The average molecular weight is 294 g/mol. The van der Waals surface area contributed by atoms with Gasteiger partial charge in [-0.3, -0.25) is 9.89 Å². The molecule has 21 heavy (non-hydrogen) atoms. The minimum Gasteiger partial charge on any atom is -0.481 e.